The van der Waals surface area contributed by atoms with Crippen molar-refractivity contribution in [2.45, 2.75) is 12.7 Å². The number of hydrogen-bond donors (Lipinski definition) is 1. The number of nitrogens with one attached hydrogen (secondary N) is 1. The molecule has 2 aromatic heterocycles. The topological polar surface area (TPSA) is 48.1 Å². The molecule has 0 unspecified atom stereocenters. The second-order valence-electron chi connectivity index (χ2n) is 6.40. The number of rotatable bonds is 3. The van der Waals surface area contributed by atoms with E-state index in [0.717, 1.165) is 29.3 Å². The van der Waals surface area contributed by atoms with Gasteiger partial charge in [0.05, 0.1) is 0 Å². The number of aromatic amines is 1. The first-order chi connectivity index (χ1) is 12.5. The molecule has 3 aromatic rings. The van der Waals surface area contributed by atoms with Gasteiger partial charge in [-0.05, 0) is 17.5 Å². The van der Waals surface area contributed by atoms with Crippen LogP contribution in [0.1, 0.15) is 11.3 Å². The Morgan fingerprint density at radius 1 is 1.08 bits per heavy atom. The predicted molar refractivity (Wildman–Crippen MR) is 92.8 cm³/mol. The molecule has 1 saturated heterocycles. The Labute approximate surface area is 148 Å². The molecule has 3 heterocycles. The maximum Gasteiger partial charge on any atom is 0.421 e. The highest BCUT2D eigenvalue weighted by Gasteiger charge is 2.36. The third-order valence-corrected chi connectivity index (χ3v) is 4.65. The third-order valence-electron chi connectivity index (χ3n) is 4.65. The van der Waals surface area contributed by atoms with Gasteiger partial charge in [0.2, 0.25) is 0 Å². The summed E-state index contributed by atoms with van der Waals surface area (Å²) in [6, 6.07) is 10.2. The number of benzene rings is 1. The first-order valence-electron chi connectivity index (χ1n) is 8.42. The maximum atomic E-state index is 13.1. The Balaban J connectivity index is 1.43. The Hall–Kier alpha value is -2.61. The van der Waals surface area contributed by atoms with Crippen LogP contribution < -0.4 is 4.90 Å². The second kappa shape index (κ2) is 6.60. The molecule has 4 rings (SSSR count). The fourth-order valence-corrected chi connectivity index (χ4v) is 3.35. The lowest BCUT2D eigenvalue weighted by atomic mass is 10.2. The summed E-state index contributed by atoms with van der Waals surface area (Å²) >= 11 is 0. The molecule has 0 atom stereocenters. The lowest BCUT2D eigenvalue weighted by Crippen LogP contribution is -2.46. The molecule has 0 aliphatic carbocycles. The van der Waals surface area contributed by atoms with Crippen molar-refractivity contribution in [1.82, 2.24) is 19.9 Å². The number of para-hydroxylation sites is 1. The van der Waals surface area contributed by atoms with E-state index in [0.29, 0.717) is 26.2 Å². The maximum absolute atomic E-state index is 13.1. The van der Waals surface area contributed by atoms with E-state index < -0.39 is 11.7 Å². The van der Waals surface area contributed by atoms with Crippen molar-refractivity contribution in [3.63, 3.8) is 0 Å². The molecule has 5 nitrogen and oxygen atoms in total. The Bertz CT molecular complexity index is 864. The molecule has 0 radical (unpaired) electrons. The molecule has 136 valence electrons. The zero-order valence-corrected chi connectivity index (χ0v) is 14.0. The normalized spacial score (nSPS) is 16.3. The molecule has 0 spiro atoms. The summed E-state index contributed by atoms with van der Waals surface area (Å²) in [5, 5.41) is 1.16. The smallest absolute Gasteiger partial charge is 0.357 e. The van der Waals surface area contributed by atoms with Crippen LogP contribution in [-0.4, -0.2) is 46.0 Å². The monoisotopic (exact) mass is 361 g/mol. The zero-order valence-electron chi connectivity index (χ0n) is 14.0. The van der Waals surface area contributed by atoms with Gasteiger partial charge < -0.3 is 9.88 Å². The average Bonchev–Trinajstić information content (AvgIpc) is 3.04. The van der Waals surface area contributed by atoms with Crippen LogP contribution in [0.4, 0.5) is 19.0 Å². The fourth-order valence-electron chi connectivity index (χ4n) is 3.35. The van der Waals surface area contributed by atoms with Gasteiger partial charge in [-0.1, -0.05) is 18.2 Å². The summed E-state index contributed by atoms with van der Waals surface area (Å²) < 4.78 is 39.4. The molecule has 1 aliphatic heterocycles. The molecular formula is C18H18F3N5. The molecule has 8 heteroatoms. The van der Waals surface area contributed by atoms with Gasteiger partial charge in [-0.2, -0.15) is 13.2 Å². The van der Waals surface area contributed by atoms with Crippen molar-refractivity contribution in [2.24, 2.45) is 0 Å². The van der Waals surface area contributed by atoms with Gasteiger partial charge in [0.15, 0.2) is 0 Å². The number of halogens is 3. The van der Waals surface area contributed by atoms with E-state index in [1.54, 1.807) is 4.90 Å². The summed E-state index contributed by atoms with van der Waals surface area (Å²) in [6.45, 7) is 3.10. The van der Waals surface area contributed by atoms with Crippen LogP contribution in [0, 0.1) is 0 Å². The number of alkyl halides is 3. The van der Waals surface area contributed by atoms with Crippen LogP contribution in [0.15, 0.2) is 42.9 Å². The van der Waals surface area contributed by atoms with Gasteiger partial charge in [0.1, 0.15) is 17.7 Å². The minimum atomic E-state index is -4.45. The van der Waals surface area contributed by atoms with Gasteiger partial charge in [0, 0.05) is 50.1 Å². The Kier molecular flexibility index (Phi) is 4.28. The quantitative estimate of drug-likeness (QED) is 0.778. The number of aromatic nitrogens is 3. The van der Waals surface area contributed by atoms with Crippen molar-refractivity contribution in [1.29, 1.82) is 0 Å². The molecule has 1 N–H and O–H groups in total. The second-order valence-corrected chi connectivity index (χ2v) is 6.40. The highest BCUT2D eigenvalue weighted by molar-refractivity contribution is 5.80. The lowest BCUT2D eigenvalue weighted by Gasteiger charge is -2.36. The fraction of sp³-hybridized carbons (Fsp3) is 0.333. The van der Waals surface area contributed by atoms with Crippen molar-refractivity contribution in [3.05, 3.63) is 54.1 Å². The van der Waals surface area contributed by atoms with Crippen molar-refractivity contribution in [2.75, 3.05) is 31.1 Å². The first-order valence-corrected chi connectivity index (χ1v) is 8.42. The van der Waals surface area contributed by atoms with Crippen LogP contribution in [0.25, 0.3) is 10.9 Å². The van der Waals surface area contributed by atoms with Crippen LogP contribution in [0.3, 0.4) is 0 Å². The van der Waals surface area contributed by atoms with Gasteiger partial charge in [-0.3, -0.25) is 4.90 Å². The van der Waals surface area contributed by atoms with Gasteiger partial charge >= 0.3 is 6.18 Å². The molecule has 0 saturated carbocycles. The molecule has 1 aliphatic rings. The standard InChI is InChI=1S/C18H18F3N5/c19-18(20,21)15-10-22-12-23-17(15)26-7-5-25(6-8-26)11-14-9-13-3-1-2-4-16(13)24-14/h1-4,9-10,12,24H,5-8,11H2. The highest BCUT2D eigenvalue weighted by atomic mass is 19.4. The largest absolute Gasteiger partial charge is 0.421 e. The Morgan fingerprint density at radius 2 is 1.85 bits per heavy atom. The molecule has 1 aromatic carbocycles. The third kappa shape index (κ3) is 3.37. The number of fused-ring (bicyclic) bond motifs is 1. The lowest BCUT2D eigenvalue weighted by molar-refractivity contribution is -0.137. The SMILES string of the molecule is FC(F)(F)c1cncnc1N1CCN(Cc2cc3ccccc3[nH]2)CC1. The number of H-pyrrole nitrogens is 1. The predicted octanol–water partition coefficient (Wildman–Crippen LogP) is 3.30. The number of nitrogens with zero attached hydrogens (tertiary/aromatic N) is 4. The molecule has 1 fully saturated rings. The van der Waals surface area contributed by atoms with Crippen LogP contribution in [0.2, 0.25) is 0 Å². The van der Waals surface area contributed by atoms with E-state index in [1.807, 2.05) is 18.2 Å². The van der Waals surface area contributed by atoms with E-state index in [-0.39, 0.29) is 5.82 Å². The summed E-state index contributed by atoms with van der Waals surface area (Å²) in [5.41, 5.74) is 1.43. The average molecular weight is 361 g/mol. The number of anilines is 1. The van der Waals surface area contributed by atoms with E-state index >= 15 is 0 Å². The van der Waals surface area contributed by atoms with Crippen molar-refractivity contribution < 1.29 is 13.2 Å². The number of hydrogen-bond acceptors (Lipinski definition) is 4. The van der Waals surface area contributed by atoms with Gasteiger partial charge in [0.25, 0.3) is 0 Å². The van der Waals surface area contributed by atoms with E-state index in [2.05, 4.69) is 32.0 Å². The molecular weight excluding hydrogens is 343 g/mol. The zero-order chi connectivity index (χ0) is 18.1. The summed E-state index contributed by atoms with van der Waals surface area (Å²) in [5.74, 6) is -0.0298. The van der Waals surface area contributed by atoms with Crippen LogP contribution in [-0.2, 0) is 12.7 Å². The highest BCUT2D eigenvalue weighted by Crippen LogP contribution is 2.34. The van der Waals surface area contributed by atoms with E-state index in [4.69, 9.17) is 0 Å². The molecule has 26 heavy (non-hydrogen) atoms. The number of piperazine rings is 1. The van der Waals surface area contributed by atoms with Crippen LogP contribution >= 0.6 is 0 Å². The van der Waals surface area contributed by atoms with E-state index in [9.17, 15) is 13.2 Å². The van der Waals surface area contributed by atoms with Gasteiger partial charge in [-0.15, -0.1) is 0 Å². The Morgan fingerprint density at radius 3 is 2.58 bits per heavy atom. The summed E-state index contributed by atoms with van der Waals surface area (Å²) in [6.07, 6.45) is -2.43. The molecule has 0 amide bonds. The van der Waals surface area contributed by atoms with E-state index in [1.165, 1.54) is 6.33 Å². The van der Waals surface area contributed by atoms with Crippen molar-refractivity contribution >= 4 is 16.7 Å². The molecule has 0 bridgehead atoms. The first kappa shape index (κ1) is 16.8. The minimum Gasteiger partial charge on any atom is -0.357 e. The summed E-state index contributed by atoms with van der Waals surface area (Å²) in [4.78, 5) is 14.7. The van der Waals surface area contributed by atoms with Crippen LogP contribution in [0.5, 0.6) is 0 Å². The minimum absolute atomic E-state index is 0.0298. The van der Waals surface area contributed by atoms with Gasteiger partial charge in [-0.25, -0.2) is 9.97 Å². The summed E-state index contributed by atoms with van der Waals surface area (Å²) in [7, 11) is 0. The van der Waals surface area contributed by atoms with Crippen molar-refractivity contribution in [3.8, 4) is 0 Å².